The summed E-state index contributed by atoms with van der Waals surface area (Å²) in [4.78, 5) is 38.9. The molecule has 1 heterocycles. The molecule has 0 saturated heterocycles. The lowest BCUT2D eigenvalue weighted by atomic mass is 9.97. The molecule has 1 unspecified atom stereocenters. The number of H-pyrrole nitrogens is 1. The number of rotatable bonds is 5. The van der Waals surface area contributed by atoms with Crippen LogP contribution in [-0.4, -0.2) is 27.8 Å². The van der Waals surface area contributed by atoms with Gasteiger partial charge >= 0.3 is 5.97 Å². The molecule has 0 aliphatic heterocycles. The van der Waals surface area contributed by atoms with E-state index in [1.165, 1.54) is 6.92 Å². The summed E-state index contributed by atoms with van der Waals surface area (Å²) in [6, 6.07) is 4.17. The quantitative estimate of drug-likeness (QED) is 0.727. The molecule has 2 rings (SSSR count). The normalized spacial score (nSPS) is 11.9. The summed E-state index contributed by atoms with van der Waals surface area (Å²) >= 11 is 0. The van der Waals surface area contributed by atoms with Crippen LogP contribution in [0, 0.1) is 27.7 Å². The molecule has 6 heteroatoms. The van der Waals surface area contributed by atoms with Gasteiger partial charge in [0.1, 0.15) is 5.69 Å². The van der Waals surface area contributed by atoms with Crippen molar-refractivity contribution in [3.05, 3.63) is 57.4 Å². The fourth-order valence-corrected chi connectivity index (χ4v) is 3.07. The molecule has 1 atom stereocenters. The zero-order chi connectivity index (χ0) is 18.9. The molecule has 0 spiro atoms. The number of carboxylic acids is 1. The predicted molar refractivity (Wildman–Crippen MR) is 94.0 cm³/mol. The Labute approximate surface area is 146 Å². The van der Waals surface area contributed by atoms with E-state index in [-0.39, 0.29) is 11.5 Å². The fourth-order valence-electron chi connectivity index (χ4n) is 3.07. The molecule has 1 amide bonds. The molecule has 132 valence electrons. The van der Waals surface area contributed by atoms with Gasteiger partial charge in [0.2, 0.25) is 0 Å². The van der Waals surface area contributed by atoms with E-state index < -0.39 is 17.9 Å². The van der Waals surface area contributed by atoms with Crippen LogP contribution in [0.5, 0.6) is 0 Å². The Balaban J connectivity index is 2.40. The van der Waals surface area contributed by atoms with Gasteiger partial charge in [0.05, 0.1) is 0 Å². The van der Waals surface area contributed by atoms with Gasteiger partial charge in [-0.05, 0) is 56.9 Å². The molecule has 0 radical (unpaired) electrons. The number of carboxylic acid groups (broad SMARTS) is 1. The van der Waals surface area contributed by atoms with Crippen molar-refractivity contribution in [1.82, 2.24) is 10.3 Å². The minimum Gasteiger partial charge on any atom is -0.479 e. The second kappa shape index (κ2) is 6.93. The Morgan fingerprint density at radius 1 is 1.08 bits per heavy atom. The van der Waals surface area contributed by atoms with Crippen molar-refractivity contribution in [2.45, 2.75) is 40.7 Å². The van der Waals surface area contributed by atoms with Gasteiger partial charge in [-0.3, -0.25) is 9.59 Å². The average molecular weight is 342 g/mol. The smallest absolute Gasteiger partial charge is 0.330 e. The third-order valence-corrected chi connectivity index (χ3v) is 4.50. The van der Waals surface area contributed by atoms with Crippen molar-refractivity contribution in [1.29, 1.82) is 0 Å². The van der Waals surface area contributed by atoms with Gasteiger partial charge in [0.25, 0.3) is 5.91 Å². The number of hydrogen-bond acceptors (Lipinski definition) is 3. The second-order valence-corrected chi connectivity index (χ2v) is 6.22. The maximum Gasteiger partial charge on any atom is 0.330 e. The second-order valence-electron chi connectivity index (χ2n) is 6.22. The van der Waals surface area contributed by atoms with Crippen LogP contribution in [0.15, 0.2) is 18.2 Å². The Kier molecular flexibility index (Phi) is 5.11. The van der Waals surface area contributed by atoms with Crippen LogP contribution in [0.3, 0.4) is 0 Å². The van der Waals surface area contributed by atoms with Gasteiger partial charge in [0, 0.05) is 11.3 Å². The molecule has 1 aromatic carbocycles. The number of aromatic amines is 1. The number of nitrogens with one attached hydrogen (secondary N) is 2. The number of Topliss-reactive ketones (excluding diaryl/α,β-unsaturated/α-hetero) is 1. The minimum atomic E-state index is -1.17. The number of ketones is 1. The molecular weight excluding hydrogens is 320 g/mol. The first-order valence-corrected chi connectivity index (χ1v) is 7.95. The molecule has 0 aliphatic rings. The zero-order valence-corrected chi connectivity index (χ0v) is 15.0. The summed E-state index contributed by atoms with van der Waals surface area (Å²) in [6.45, 7) is 8.52. The third kappa shape index (κ3) is 3.47. The number of aryl methyl sites for hydroxylation is 2. The lowest BCUT2D eigenvalue weighted by Crippen LogP contribution is -2.34. The van der Waals surface area contributed by atoms with E-state index in [0.717, 1.165) is 11.1 Å². The molecule has 3 N–H and O–H groups in total. The van der Waals surface area contributed by atoms with Crippen LogP contribution in [0.2, 0.25) is 0 Å². The number of aliphatic carboxylic acids is 1. The first-order valence-electron chi connectivity index (χ1n) is 7.95. The highest BCUT2D eigenvalue weighted by Gasteiger charge is 2.27. The number of hydrogen-bond donors (Lipinski definition) is 3. The van der Waals surface area contributed by atoms with Crippen LogP contribution in [-0.2, 0) is 4.79 Å². The zero-order valence-electron chi connectivity index (χ0n) is 15.0. The molecule has 0 aliphatic carbocycles. The Morgan fingerprint density at radius 2 is 1.72 bits per heavy atom. The topological polar surface area (TPSA) is 99.3 Å². The molecule has 1 aromatic heterocycles. The first-order chi connectivity index (χ1) is 11.6. The summed E-state index contributed by atoms with van der Waals surface area (Å²) in [7, 11) is 0. The highest BCUT2D eigenvalue weighted by Crippen LogP contribution is 2.23. The molecule has 0 fully saturated rings. The third-order valence-electron chi connectivity index (χ3n) is 4.50. The van der Waals surface area contributed by atoms with Gasteiger partial charge < -0.3 is 15.4 Å². The standard InChI is InChI=1S/C19H22N2O4/c1-9-7-6-8-14(10(9)2)17(19(24)25)21-18(23)16-11(3)15(13(5)22)12(4)20-16/h6-8,17,20H,1-5H3,(H,21,23)(H,24,25). The van der Waals surface area contributed by atoms with E-state index in [9.17, 15) is 19.5 Å². The highest BCUT2D eigenvalue weighted by atomic mass is 16.4. The molecular formula is C19H22N2O4. The maximum absolute atomic E-state index is 12.6. The summed E-state index contributed by atoms with van der Waals surface area (Å²) in [5, 5.41) is 12.1. The first kappa shape index (κ1) is 18.4. The monoisotopic (exact) mass is 342 g/mol. The average Bonchev–Trinajstić information content (AvgIpc) is 2.82. The van der Waals surface area contributed by atoms with Crippen molar-refractivity contribution in [3.8, 4) is 0 Å². The van der Waals surface area contributed by atoms with Crippen molar-refractivity contribution >= 4 is 17.7 Å². The predicted octanol–water partition coefficient (Wildman–Crippen LogP) is 3.01. The Bertz CT molecular complexity index is 865. The number of carbonyl (C=O) groups is 3. The SMILES string of the molecule is CC(=O)c1c(C)[nH]c(C(=O)NC(C(=O)O)c2cccc(C)c2C)c1C. The number of amides is 1. The van der Waals surface area contributed by atoms with E-state index in [1.54, 1.807) is 26.0 Å². The number of benzene rings is 1. The van der Waals surface area contributed by atoms with Gasteiger partial charge in [-0.25, -0.2) is 4.79 Å². The van der Waals surface area contributed by atoms with Crippen LogP contribution in [0.1, 0.15) is 61.8 Å². The summed E-state index contributed by atoms with van der Waals surface area (Å²) in [5.41, 5.74) is 4.08. The fraction of sp³-hybridized carbons (Fsp3) is 0.316. The van der Waals surface area contributed by atoms with E-state index in [1.807, 2.05) is 19.9 Å². The molecule has 0 bridgehead atoms. The minimum absolute atomic E-state index is 0.144. The van der Waals surface area contributed by atoms with E-state index in [4.69, 9.17) is 0 Å². The highest BCUT2D eigenvalue weighted by molar-refractivity contribution is 6.03. The molecule has 0 saturated carbocycles. The largest absolute Gasteiger partial charge is 0.479 e. The lowest BCUT2D eigenvalue weighted by Gasteiger charge is -2.18. The molecule has 6 nitrogen and oxygen atoms in total. The molecule has 25 heavy (non-hydrogen) atoms. The van der Waals surface area contributed by atoms with Crippen molar-refractivity contribution in [3.63, 3.8) is 0 Å². The lowest BCUT2D eigenvalue weighted by molar-refractivity contribution is -0.139. The van der Waals surface area contributed by atoms with Crippen molar-refractivity contribution in [2.75, 3.05) is 0 Å². The Hall–Kier alpha value is -2.89. The molecule has 2 aromatic rings. The van der Waals surface area contributed by atoms with Crippen molar-refractivity contribution in [2.24, 2.45) is 0 Å². The summed E-state index contributed by atoms with van der Waals surface area (Å²) in [5.74, 6) is -1.84. The number of carbonyl (C=O) groups excluding carboxylic acids is 2. The van der Waals surface area contributed by atoms with Gasteiger partial charge in [0.15, 0.2) is 11.8 Å². The maximum atomic E-state index is 12.6. The van der Waals surface area contributed by atoms with E-state index in [0.29, 0.717) is 22.4 Å². The van der Waals surface area contributed by atoms with Crippen molar-refractivity contribution < 1.29 is 19.5 Å². The van der Waals surface area contributed by atoms with Crippen LogP contribution in [0.25, 0.3) is 0 Å². The van der Waals surface area contributed by atoms with Crippen LogP contribution < -0.4 is 5.32 Å². The van der Waals surface area contributed by atoms with Gasteiger partial charge in [-0.2, -0.15) is 0 Å². The van der Waals surface area contributed by atoms with Gasteiger partial charge in [-0.15, -0.1) is 0 Å². The van der Waals surface area contributed by atoms with E-state index >= 15 is 0 Å². The van der Waals surface area contributed by atoms with E-state index in [2.05, 4.69) is 10.3 Å². The summed E-state index contributed by atoms with van der Waals surface area (Å²) < 4.78 is 0. The number of aromatic nitrogens is 1. The Morgan fingerprint density at radius 3 is 2.24 bits per heavy atom. The summed E-state index contributed by atoms with van der Waals surface area (Å²) in [6.07, 6.45) is 0. The van der Waals surface area contributed by atoms with Crippen LogP contribution in [0.4, 0.5) is 0 Å². The van der Waals surface area contributed by atoms with Gasteiger partial charge in [-0.1, -0.05) is 18.2 Å². The van der Waals surface area contributed by atoms with Crippen LogP contribution >= 0.6 is 0 Å².